The highest BCUT2D eigenvalue weighted by Crippen LogP contribution is 2.36. The topological polar surface area (TPSA) is 39.1 Å². The van der Waals surface area contributed by atoms with Crippen molar-refractivity contribution >= 4 is 0 Å². The van der Waals surface area contributed by atoms with E-state index in [0.717, 1.165) is 32.5 Å². The number of aromatic nitrogens is 2. The molecule has 4 heteroatoms. The molecule has 0 amide bonds. The smallest absolute Gasteiger partial charge is 0.0950 e. The Hall–Kier alpha value is -0.870. The molecule has 0 atom stereocenters. The van der Waals surface area contributed by atoms with Crippen LogP contribution in [-0.4, -0.2) is 35.4 Å². The van der Waals surface area contributed by atoms with Gasteiger partial charge in [0.05, 0.1) is 12.4 Å². The first kappa shape index (κ1) is 10.3. The van der Waals surface area contributed by atoms with Crippen molar-refractivity contribution < 1.29 is 4.74 Å². The Bertz CT molecular complexity index is 353. The van der Waals surface area contributed by atoms with E-state index in [1.165, 1.54) is 5.69 Å². The fraction of sp³-hybridized carbons (Fsp3) is 0.750. The largest absolute Gasteiger partial charge is 0.378 e. The van der Waals surface area contributed by atoms with E-state index in [1.54, 1.807) is 0 Å². The second-order valence-corrected chi connectivity index (χ2v) is 4.78. The number of hydrogen-bond donors (Lipinski definition) is 1. The van der Waals surface area contributed by atoms with Gasteiger partial charge in [-0.05, 0) is 19.8 Å². The second-order valence-electron chi connectivity index (χ2n) is 4.78. The predicted molar refractivity (Wildman–Crippen MR) is 61.5 cm³/mol. The molecule has 2 fully saturated rings. The Morgan fingerprint density at radius 1 is 1.50 bits per heavy atom. The highest BCUT2D eigenvalue weighted by atomic mass is 16.5. The van der Waals surface area contributed by atoms with Crippen LogP contribution in [0, 0.1) is 0 Å². The molecule has 1 N–H and O–H groups in total. The zero-order valence-corrected chi connectivity index (χ0v) is 9.72. The molecule has 2 heterocycles. The van der Waals surface area contributed by atoms with Gasteiger partial charge in [-0.2, -0.15) is 0 Å². The minimum absolute atomic E-state index is 0.477. The fourth-order valence-electron chi connectivity index (χ4n) is 2.57. The van der Waals surface area contributed by atoms with Gasteiger partial charge in [-0.3, -0.25) is 0 Å². The first-order valence-corrected chi connectivity index (χ1v) is 6.22. The van der Waals surface area contributed by atoms with Gasteiger partial charge in [0.25, 0.3) is 0 Å². The lowest BCUT2D eigenvalue weighted by Gasteiger charge is -2.38. The van der Waals surface area contributed by atoms with Gasteiger partial charge in [0.2, 0.25) is 0 Å². The first-order valence-electron chi connectivity index (χ1n) is 6.22. The summed E-state index contributed by atoms with van der Waals surface area (Å²) in [5, 5.41) is 3.31. The maximum absolute atomic E-state index is 5.60. The number of ether oxygens (including phenoxy) is 1. The van der Waals surface area contributed by atoms with E-state index < -0.39 is 0 Å². The molecule has 0 spiro atoms. The van der Waals surface area contributed by atoms with Crippen molar-refractivity contribution in [1.82, 2.24) is 14.9 Å². The Kier molecular flexibility index (Phi) is 2.69. The average molecular weight is 221 g/mol. The third kappa shape index (κ3) is 1.66. The first-order chi connectivity index (χ1) is 7.88. The summed E-state index contributed by atoms with van der Waals surface area (Å²) in [4.78, 5) is 4.29. The maximum atomic E-state index is 5.60. The lowest BCUT2D eigenvalue weighted by atomic mass is 9.88. The molecular weight excluding hydrogens is 202 g/mol. The monoisotopic (exact) mass is 221 g/mol. The van der Waals surface area contributed by atoms with Crippen molar-refractivity contribution in [3.05, 3.63) is 18.2 Å². The number of imidazole rings is 1. The zero-order valence-electron chi connectivity index (χ0n) is 9.72. The molecule has 0 radical (unpaired) electrons. The molecule has 1 aromatic rings. The average Bonchev–Trinajstić information content (AvgIpc) is 2.56. The van der Waals surface area contributed by atoms with Crippen LogP contribution in [0.2, 0.25) is 0 Å². The quantitative estimate of drug-likeness (QED) is 0.833. The lowest BCUT2D eigenvalue weighted by Crippen LogP contribution is -2.42. The van der Waals surface area contributed by atoms with Crippen LogP contribution < -0.4 is 5.32 Å². The molecule has 88 valence electrons. The van der Waals surface area contributed by atoms with Crippen molar-refractivity contribution in [3.63, 3.8) is 0 Å². The highest BCUT2D eigenvalue weighted by Gasteiger charge is 2.33. The molecule has 1 aromatic heterocycles. The minimum atomic E-state index is 0.477. The molecule has 0 bridgehead atoms. The van der Waals surface area contributed by atoms with Crippen LogP contribution in [0.5, 0.6) is 0 Å². The van der Waals surface area contributed by atoms with Crippen molar-refractivity contribution in [2.45, 2.75) is 37.8 Å². The minimum Gasteiger partial charge on any atom is -0.378 e. The van der Waals surface area contributed by atoms with Gasteiger partial charge >= 0.3 is 0 Å². The van der Waals surface area contributed by atoms with Crippen LogP contribution in [0.1, 0.15) is 37.4 Å². The predicted octanol–water partition coefficient (Wildman–Crippen LogP) is 1.31. The van der Waals surface area contributed by atoms with Crippen LogP contribution in [0.4, 0.5) is 0 Å². The van der Waals surface area contributed by atoms with Crippen molar-refractivity contribution in [2.24, 2.45) is 0 Å². The molecule has 0 aromatic carbocycles. The van der Waals surface area contributed by atoms with Gasteiger partial charge in [-0.1, -0.05) is 0 Å². The molecule has 3 rings (SSSR count). The van der Waals surface area contributed by atoms with Gasteiger partial charge in [0, 0.05) is 43.5 Å². The summed E-state index contributed by atoms with van der Waals surface area (Å²) >= 11 is 0. The normalized spacial score (nSPS) is 29.8. The van der Waals surface area contributed by atoms with E-state index in [2.05, 4.69) is 21.8 Å². The second kappa shape index (κ2) is 4.18. The third-order valence-electron chi connectivity index (χ3n) is 3.76. The van der Waals surface area contributed by atoms with Crippen LogP contribution in [0.15, 0.2) is 12.5 Å². The van der Waals surface area contributed by atoms with E-state index in [-0.39, 0.29) is 0 Å². The van der Waals surface area contributed by atoms with Crippen LogP contribution >= 0.6 is 0 Å². The van der Waals surface area contributed by atoms with Crippen molar-refractivity contribution in [1.29, 1.82) is 0 Å². The van der Waals surface area contributed by atoms with E-state index in [9.17, 15) is 0 Å². The highest BCUT2D eigenvalue weighted by molar-refractivity contribution is 5.13. The summed E-state index contributed by atoms with van der Waals surface area (Å²) in [6, 6.07) is 0.620. The summed E-state index contributed by atoms with van der Waals surface area (Å²) in [5.74, 6) is 0.675. The van der Waals surface area contributed by atoms with Crippen LogP contribution in [0.25, 0.3) is 0 Å². The van der Waals surface area contributed by atoms with Gasteiger partial charge in [0.15, 0.2) is 0 Å². The van der Waals surface area contributed by atoms with Crippen LogP contribution in [-0.2, 0) is 4.74 Å². The molecule has 1 aliphatic carbocycles. The summed E-state index contributed by atoms with van der Waals surface area (Å²) in [6.45, 7) is 5.11. The number of nitrogens with one attached hydrogen (secondary N) is 1. The van der Waals surface area contributed by atoms with Crippen molar-refractivity contribution in [3.8, 4) is 0 Å². The molecule has 2 aliphatic rings. The molecule has 16 heavy (non-hydrogen) atoms. The van der Waals surface area contributed by atoms with Gasteiger partial charge in [-0.25, -0.2) is 4.98 Å². The van der Waals surface area contributed by atoms with Gasteiger partial charge in [-0.15, -0.1) is 0 Å². The molecule has 1 saturated heterocycles. The number of nitrogens with zero attached hydrogens (tertiary/aromatic N) is 2. The van der Waals surface area contributed by atoms with Gasteiger partial charge < -0.3 is 14.6 Å². The molecule has 1 aliphatic heterocycles. The summed E-state index contributed by atoms with van der Waals surface area (Å²) in [6.07, 6.45) is 6.79. The molecule has 4 nitrogen and oxygen atoms in total. The van der Waals surface area contributed by atoms with E-state index in [1.807, 2.05) is 12.5 Å². The molecule has 0 unspecified atom stereocenters. The number of rotatable bonds is 4. The van der Waals surface area contributed by atoms with Gasteiger partial charge in [0.1, 0.15) is 0 Å². The summed E-state index contributed by atoms with van der Waals surface area (Å²) in [5.41, 5.74) is 1.40. The Labute approximate surface area is 96.0 Å². The summed E-state index contributed by atoms with van der Waals surface area (Å²) < 4.78 is 7.96. The third-order valence-corrected chi connectivity index (χ3v) is 3.76. The fourth-order valence-corrected chi connectivity index (χ4v) is 2.57. The molecular formula is C12H19N3O. The van der Waals surface area contributed by atoms with Crippen molar-refractivity contribution in [2.75, 3.05) is 19.7 Å². The zero-order chi connectivity index (χ0) is 11.0. The number of hydrogen-bond acceptors (Lipinski definition) is 3. The van der Waals surface area contributed by atoms with Crippen LogP contribution in [0.3, 0.4) is 0 Å². The lowest BCUT2D eigenvalue weighted by molar-refractivity contribution is -0.0206. The SMILES string of the molecule is CCOC1CC(n2cncc2C2CNC2)C1. The Balaban J connectivity index is 1.64. The molecule has 1 saturated carbocycles. The Morgan fingerprint density at radius 2 is 2.31 bits per heavy atom. The Morgan fingerprint density at radius 3 is 2.94 bits per heavy atom. The van der Waals surface area contributed by atoms with E-state index in [4.69, 9.17) is 4.74 Å². The van der Waals surface area contributed by atoms with E-state index in [0.29, 0.717) is 18.1 Å². The standard InChI is InChI=1S/C12H19N3O/c1-2-16-11-3-10(4-11)15-8-14-7-12(15)9-5-13-6-9/h7-11,13H,2-6H2,1H3. The maximum Gasteiger partial charge on any atom is 0.0950 e. The summed E-state index contributed by atoms with van der Waals surface area (Å²) in [7, 11) is 0. The van der Waals surface area contributed by atoms with E-state index >= 15 is 0 Å².